The van der Waals surface area contributed by atoms with Gasteiger partial charge in [0.15, 0.2) is 11.5 Å². The Morgan fingerprint density at radius 3 is 2.81 bits per heavy atom. The molecule has 1 aliphatic rings. The highest BCUT2D eigenvalue weighted by atomic mass is 15.3. The van der Waals surface area contributed by atoms with Crippen LogP contribution >= 0.6 is 0 Å². The Morgan fingerprint density at radius 1 is 1.38 bits per heavy atom. The topological polar surface area (TPSA) is 56.1 Å². The van der Waals surface area contributed by atoms with Crippen molar-refractivity contribution in [3.63, 3.8) is 0 Å². The molecule has 0 N–H and O–H groups in total. The Bertz CT molecular complexity index is 411. The minimum atomic E-state index is 0.416. The molecule has 2 rings (SSSR count). The molecule has 1 fully saturated rings. The number of nitrogens with zero attached hydrogens (tertiary/aromatic N) is 5. The lowest BCUT2D eigenvalue weighted by Crippen LogP contribution is -2.50. The van der Waals surface area contributed by atoms with Gasteiger partial charge in [-0.05, 0) is 14.0 Å². The van der Waals surface area contributed by atoms with E-state index in [-0.39, 0.29) is 0 Å². The van der Waals surface area contributed by atoms with Crippen LogP contribution in [-0.4, -0.2) is 47.6 Å². The van der Waals surface area contributed by atoms with Crippen molar-refractivity contribution in [1.82, 2.24) is 14.9 Å². The largest absolute Gasteiger partial charge is 0.351 e. The Balaban J connectivity index is 2.22. The summed E-state index contributed by atoms with van der Waals surface area (Å²) in [7, 11) is 2.11. The second-order valence-electron chi connectivity index (χ2n) is 4.12. The van der Waals surface area contributed by atoms with Gasteiger partial charge in [0.05, 0.1) is 0 Å². The van der Waals surface area contributed by atoms with Gasteiger partial charge in [0, 0.05) is 38.1 Å². The predicted molar refractivity (Wildman–Crippen MR) is 61.1 cm³/mol. The van der Waals surface area contributed by atoms with Crippen LogP contribution in [0.2, 0.25) is 0 Å². The van der Waals surface area contributed by atoms with E-state index in [1.54, 1.807) is 12.4 Å². The highest BCUT2D eigenvalue weighted by Gasteiger charge is 2.23. The van der Waals surface area contributed by atoms with Crippen LogP contribution in [0.15, 0.2) is 12.4 Å². The van der Waals surface area contributed by atoms with E-state index >= 15 is 0 Å². The van der Waals surface area contributed by atoms with E-state index in [1.807, 2.05) is 0 Å². The summed E-state index contributed by atoms with van der Waals surface area (Å²) in [6, 6.07) is 2.56. The lowest BCUT2D eigenvalue weighted by molar-refractivity contribution is 0.233. The molecule has 0 bridgehead atoms. The van der Waals surface area contributed by atoms with E-state index in [2.05, 4.69) is 39.8 Å². The molecule has 1 unspecified atom stereocenters. The minimum Gasteiger partial charge on any atom is -0.351 e. The molecule has 0 saturated carbocycles. The molecular formula is C11H15N5. The number of hydrogen-bond acceptors (Lipinski definition) is 5. The number of piperazine rings is 1. The molecule has 84 valence electrons. The zero-order valence-electron chi connectivity index (χ0n) is 9.59. The maximum absolute atomic E-state index is 8.98. The fourth-order valence-electron chi connectivity index (χ4n) is 1.88. The molecule has 1 aliphatic heterocycles. The lowest BCUT2D eigenvalue weighted by atomic mass is 10.2. The molecule has 0 aromatic carbocycles. The van der Waals surface area contributed by atoms with Gasteiger partial charge in [-0.2, -0.15) is 5.26 Å². The van der Waals surface area contributed by atoms with Crippen molar-refractivity contribution >= 4 is 5.82 Å². The highest BCUT2D eigenvalue weighted by Crippen LogP contribution is 2.17. The Labute approximate surface area is 95.3 Å². The summed E-state index contributed by atoms with van der Waals surface area (Å²) < 4.78 is 0. The number of likely N-dealkylation sites (N-methyl/N-ethyl adjacent to an activating group) is 1. The summed E-state index contributed by atoms with van der Waals surface area (Å²) in [6.07, 6.45) is 3.20. The molecule has 1 aromatic heterocycles. The number of anilines is 1. The van der Waals surface area contributed by atoms with Gasteiger partial charge in [0.25, 0.3) is 0 Å². The van der Waals surface area contributed by atoms with Crippen molar-refractivity contribution in [1.29, 1.82) is 5.26 Å². The van der Waals surface area contributed by atoms with Crippen molar-refractivity contribution < 1.29 is 0 Å². The molecule has 0 aliphatic carbocycles. The predicted octanol–water partition coefficient (Wildman–Crippen LogP) is 0.489. The van der Waals surface area contributed by atoms with Crippen LogP contribution in [-0.2, 0) is 0 Å². The van der Waals surface area contributed by atoms with Crippen LogP contribution in [0.4, 0.5) is 5.82 Å². The van der Waals surface area contributed by atoms with E-state index in [0.29, 0.717) is 17.6 Å². The van der Waals surface area contributed by atoms with Crippen LogP contribution in [0, 0.1) is 11.3 Å². The molecule has 1 atom stereocenters. The summed E-state index contributed by atoms with van der Waals surface area (Å²) in [5, 5.41) is 8.98. The summed E-state index contributed by atoms with van der Waals surface area (Å²) >= 11 is 0. The minimum absolute atomic E-state index is 0.416. The molecule has 0 amide bonds. The van der Waals surface area contributed by atoms with Gasteiger partial charge in [-0.25, -0.2) is 9.97 Å². The Kier molecular flexibility index (Phi) is 3.02. The maximum atomic E-state index is 8.98. The molecule has 16 heavy (non-hydrogen) atoms. The third-order valence-corrected chi connectivity index (χ3v) is 3.04. The molecule has 2 heterocycles. The van der Waals surface area contributed by atoms with Gasteiger partial charge in [-0.15, -0.1) is 0 Å². The third kappa shape index (κ3) is 1.97. The number of nitriles is 1. The van der Waals surface area contributed by atoms with Gasteiger partial charge in [0.2, 0.25) is 0 Å². The van der Waals surface area contributed by atoms with Crippen LogP contribution < -0.4 is 4.90 Å². The van der Waals surface area contributed by atoms with Gasteiger partial charge in [-0.1, -0.05) is 0 Å². The molecule has 0 radical (unpaired) electrons. The van der Waals surface area contributed by atoms with E-state index in [9.17, 15) is 0 Å². The summed E-state index contributed by atoms with van der Waals surface area (Å²) in [5.74, 6) is 0.713. The van der Waals surface area contributed by atoms with Crippen molar-refractivity contribution in [2.75, 3.05) is 31.6 Å². The summed E-state index contributed by atoms with van der Waals surface area (Å²) in [5.41, 5.74) is 0.416. The highest BCUT2D eigenvalue weighted by molar-refractivity contribution is 5.49. The van der Waals surface area contributed by atoms with Crippen molar-refractivity contribution in [3.8, 4) is 6.07 Å². The first kappa shape index (κ1) is 10.8. The second kappa shape index (κ2) is 4.45. The van der Waals surface area contributed by atoms with E-state index in [1.165, 1.54) is 0 Å². The zero-order chi connectivity index (χ0) is 11.5. The third-order valence-electron chi connectivity index (χ3n) is 3.04. The van der Waals surface area contributed by atoms with Crippen LogP contribution in [0.25, 0.3) is 0 Å². The molecule has 1 aromatic rings. The molecule has 5 nitrogen and oxygen atoms in total. The maximum Gasteiger partial charge on any atom is 0.183 e. The van der Waals surface area contributed by atoms with E-state index < -0.39 is 0 Å². The summed E-state index contributed by atoms with van der Waals surface area (Å²) in [4.78, 5) is 12.7. The average molecular weight is 217 g/mol. The normalized spacial score (nSPS) is 21.8. The number of aromatic nitrogens is 2. The van der Waals surface area contributed by atoms with Crippen LogP contribution in [0.3, 0.4) is 0 Å². The Morgan fingerprint density at radius 2 is 2.12 bits per heavy atom. The zero-order valence-corrected chi connectivity index (χ0v) is 9.59. The average Bonchev–Trinajstić information content (AvgIpc) is 2.32. The van der Waals surface area contributed by atoms with Gasteiger partial charge >= 0.3 is 0 Å². The van der Waals surface area contributed by atoms with Crippen molar-refractivity contribution in [2.24, 2.45) is 0 Å². The standard InChI is InChI=1S/C11H15N5/c1-9-8-16(6-5-15(9)2)11-10(7-12)13-3-4-14-11/h3-4,9H,5-6,8H2,1-2H3. The first-order valence-corrected chi connectivity index (χ1v) is 5.38. The molecular weight excluding hydrogens is 202 g/mol. The molecule has 0 spiro atoms. The quantitative estimate of drug-likeness (QED) is 0.685. The monoisotopic (exact) mass is 217 g/mol. The number of rotatable bonds is 1. The fourth-order valence-corrected chi connectivity index (χ4v) is 1.88. The SMILES string of the molecule is CC1CN(c2nccnc2C#N)CCN1C. The smallest absolute Gasteiger partial charge is 0.183 e. The fraction of sp³-hybridized carbons (Fsp3) is 0.545. The molecule has 5 heteroatoms. The van der Waals surface area contributed by atoms with Crippen molar-refractivity contribution in [3.05, 3.63) is 18.1 Å². The van der Waals surface area contributed by atoms with Crippen LogP contribution in [0.1, 0.15) is 12.6 Å². The summed E-state index contributed by atoms with van der Waals surface area (Å²) in [6.45, 7) is 4.95. The van der Waals surface area contributed by atoms with Crippen LogP contribution in [0.5, 0.6) is 0 Å². The lowest BCUT2D eigenvalue weighted by Gasteiger charge is -2.38. The molecule has 1 saturated heterocycles. The number of hydrogen-bond donors (Lipinski definition) is 0. The van der Waals surface area contributed by atoms with Gasteiger partial charge < -0.3 is 9.80 Å². The first-order valence-electron chi connectivity index (χ1n) is 5.38. The second-order valence-corrected chi connectivity index (χ2v) is 4.12. The van der Waals surface area contributed by atoms with Gasteiger partial charge in [-0.3, -0.25) is 0 Å². The van der Waals surface area contributed by atoms with E-state index in [4.69, 9.17) is 5.26 Å². The van der Waals surface area contributed by atoms with E-state index in [0.717, 1.165) is 19.6 Å². The Hall–Kier alpha value is -1.67. The van der Waals surface area contributed by atoms with Gasteiger partial charge in [0.1, 0.15) is 6.07 Å². The van der Waals surface area contributed by atoms with Crippen molar-refractivity contribution in [2.45, 2.75) is 13.0 Å². The first-order chi connectivity index (χ1) is 7.72.